The monoisotopic (exact) mass is 300 g/mol. The molecular weight excluding hydrogens is 283 g/mol. The van der Waals surface area contributed by atoms with Gasteiger partial charge < -0.3 is 5.32 Å². The molecule has 2 nitrogen and oxygen atoms in total. The second kappa shape index (κ2) is 7.82. The fourth-order valence-corrected chi connectivity index (χ4v) is 2.76. The molecule has 0 saturated carbocycles. The third kappa shape index (κ3) is 4.59. The van der Waals surface area contributed by atoms with Gasteiger partial charge >= 0.3 is 0 Å². The summed E-state index contributed by atoms with van der Waals surface area (Å²) in [5, 5.41) is 12.1. The van der Waals surface area contributed by atoms with Crippen molar-refractivity contribution in [2.75, 3.05) is 6.54 Å². The van der Waals surface area contributed by atoms with Crippen LogP contribution >= 0.6 is 11.8 Å². The molecule has 1 N–H and O–H groups in total. The van der Waals surface area contributed by atoms with Gasteiger partial charge in [0.05, 0.1) is 11.6 Å². The minimum Gasteiger partial charge on any atom is -0.313 e. The lowest BCUT2D eigenvalue weighted by molar-refractivity contribution is 0.617. The summed E-state index contributed by atoms with van der Waals surface area (Å²) in [5.41, 5.74) is 2.29. The molecule has 0 aliphatic heterocycles. The van der Waals surface area contributed by atoms with Crippen molar-refractivity contribution in [3.8, 4) is 6.07 Å². The summed E-state index contributed by atoms with van der Waals surface area (Å²) in [7, 11) is 0. The lowest BCUT2D eigenvalue weighted by Crippen LogP contribution is -2.11. The van der Waals surface area contributed by atoms with Gasteiger partial charge in [0.15, 0.2) is 0 Å². The molecule has 0 bridgehead atoms. The first kappa shape index (κ1) is 15.6. The Bertz CT molecular complexity index is 632. The van der Waals surface area contributed by atoms with E-state index in [0.717, 1.165) is 18.0 Å². The number of rotatable bonds is 6. The Hall–Kier alpha value is -1.83. The van der Waals surface area contributed by atoms with Crippen molar-refractivity contribution in [2.45, 2.75) is 24.1 Å². The van der Waals surface area contributed by atoms with E-state index in [4.69, 9.17) is 5.26 Å². The fraction of sp³-hybridized carbons (Fsp3) is 0.235. The average molecular weight is 300 g/mol. The van der Waals surface area contributed by atoms with Gasteiger partial charge in [-0.05, 0) is 48.0 Å². The summed E-state index contributed by atoms with van der Waals surface area (Å²) < 4.78 is 13.7. The van der Waals surface area contributed by atoms with E-state index in [1.807, 2.05) is 18.2 Å². The molecule has 108 valence electrons. The number of nitrogens with one attached hydrogen (secondary N) is 1. The Morgan fingerprint density at radius 1 is 1.19 bits per heavy atom. The molecule has 0 aliphatic carbocycles. The van der Waals surface area contributed by atoms with Crippen LogP contribution in [0.4, 0.5) is 4.39 Å². The predicted molar refractivity (Wildman–Crippen MR) is 84.5 cm³/mol. The van der Waals surface area contributed by atoms with Crippen molar-refractivity contribution in [3.05, 3.63) is 65.0 Å². The van der Waals surface area contributed by atoms with Gasteiger partial charge in [0.1, 0.15) is 5.82 Å². The van der Waals surface area contributed by atoms with Gasteiger partial charge in [-0.15, -0.1) is 11.8 Å². The Balaban J connectivity index is 1.98. The Morgan fingerprint density at radius 3 is 2.62 bits per heavy atom. The zero-order chi connectivity index (χ0) is 15.1. The van der Waals surface area contributed by atoms with E-state index in [2.05, 4.69) is 24.4 Å². The van der Waals surface area contributed by atoms with Crippen LogP contribution in [0.25, 0.3) is 0 Å². The van der Waals surface area contributed by atoms with Crippen molar-refractivity contribution < 1.29 is 4.39 Å². The minimum atomic E-state index is -0.259. The fourth-order valence-electron chi connectivity index (χ4n) is 1.89. The second-order valence-corrected chi connectivity index (χ2v) is 5.68. The van der Waals surface area contributed by atoms with E-state index in [0.29, 0.717) is 16.9 Å². The molecular formula is C17H17FN2S. The Kier molecular flexibility index (Phi) is 5.79. The van der Waals surface area contributed by atoms with Crippen LogP contribution in [0.1, 0.15) is 23.6 Å². The first-order chi connectivity index (χ1) is 10.2. The standard InChI is InChI=1S/C17H17FN2S/c1-2-20-11-13-3-6-16(7-4-13)21-12-15-9-14(10-19)5-8-17(15)18/h3-9,20H,2,11-12H2,1H3. The van der Waals surface area contributed by atoms with Crippen molar-refractivity contribution in [1.82, 2.24) is 5.32 Å². The lowest BCUT2D eigenvalue weighted by atomic mass is 10.1. The molecule has 4 heteroatoms. The van der Waals surface area contributed by atoms with E-state index in [1.54, 1.807) is 17.8 Å². The number of nitriles is 1. The highest BCUT2D eigenvalue weighted by Gasteiger charge is 2.05. The predicted octanol–water partition coefficient (Wildman–Crippen LogP) is 4.10. The third-order valence-corrected chi connectivity index (χ3v) is 4.13. The van der Waals surface area contributed by atoms with E-state index >= 15 is 0 Å². The number of halogens is 1. The molecule has 0 unspecified atom stereocenters. The van der Waals surface area contributed by atoms with Crippen LogP contribution in [-0.4, -0.2) is 6.54 Å². The van der Waals surface area contributed by atoms with Gasteiger partial charge in [0, 0.05) is 17.2 Å². The van der Waals surface area contributed by atoms with Crippen LogP contribution in [0, 0.1) is 17.1 Å². The molecule has 0 radical (unpaired) electrons. The third-order valence-electron chi connectivity index (χ3n) is 3.07. The molecule has 0 spiro atoms. The average Bonchev–Trinajstić information content (AvgIpc) is 2.53. The van der Waals surface area contributed by atoms with Gasteiger partial charge in [-0.3, -0.25) is 0 Å². The summed E-state index contributed by atoms with van der Waals surface area (Å²) in [6, 6.07) is 14.7. The normalized spacial score (nSPS) is 10.3. The summed E-state index contributed by atoms with van der Waals surface area (Å²) in [6.45, 7) is 3.89. The maximum Gasteiger partial charge on any atom is 0.127 e. The molecule has 0 aromatic heterocycles. The SMILES string of the molecule is CCNCc1ccc(SCc2cc(C#N)ccc2F)cc1. The van der Waals surface area contributed by atoms with Gasteiger partial charge in [-0.2, -0.15) is 5.26 Å². The highest BCUT2D eigenvalue weighted by molar-refractivity contribution is 7.98. The minimum absolute atomic E-state index is 0.259. The highest BCUT2D eigenvalue weighted by atomic mass is 32.2. The largest absolute Gasteiger partial charge is 0.313 e. The van der Waals surface area contributed by atoms with Crippen molar-refractivity contribution in [1.29, 1.82) is 5.26 Å². The molecule has 2 aromatic carbocycles. The van der Waals surface area contributed by atoms with Crippen molar-refractivity contribution in [2.24, 2.45) is 0 Å². The molecule has 0 aliphatic rings. The number of thioether (sulfide) groups is 1. The van der Waals surface area contributed by atoms with Crippen LogP contribution in [0.15, 0.2) is 47.4 Å². The number of hydrogen-bond acceptors (Lipinski definition) is 3. The maximum absolute atomic E-state index is 13.7. The zero-order valence-electron chi connectivity index (χ0n) is 11.9. The van der Waals surface area contributed by atoms with E-state index in [-0.39, 0.29) is 5.82 Å². The van der Waals surface area contributed by atoms with Crippen LogP contribution in [0.3, 0.4) is 0 Å². The van der Waals surface area contributed by atoms with Crippen LogP contribution in [0.2, 0.25) is 0 Å². The summed E-state index contributed by atoms with van der Waals surface area (Å²) >= 11 is 1.57. The summed E-state index contributed by atoms with van der Waals surface area (Å²) in [5.74, 6) is 0.263. The van der Waals surface area contributed by atoms with Gasteiger partial charge in [0.25, 0.3) is 0 Å². The molecule has 0 heterocycles. The van der Waals surface area contributed by atoms with Crippen LogP contribution < -0.4 is 5.32 Å². The molecule has 0 amide bonds. The maximum atomic E-state index is 13.7. The van der Waals surface area contributed by atoms with Crippen LogP contribution in [0.5, 0.6) is 0 Å². The molecule has 0 saturated heterocycles. The number of benzene rings is 2. The lowest BCUT2D eigenvalue weighted by Gasteiger charge is -2.06. The summed E-state index contributed by atoms with van der Waals surface area (Å²) in [4.78, 5) is 1.09. The van der Waals surface area contributed by atoms with Crippen molar-refractivity contribution >= 4 is 11.8 Å². The molecule has 0 atom stereocenters. The van der Waals surface area contributed by atoms with E-state index < -0.39 is 0 Å². The van der Waals surface area contributed by atoms with Crippen LogP contribution in [-0.2, 0) is 12.3 Å². The van der Waals surface area contributed by atoms with Gasteiger partial charge in [-0.25, -0.2) is 4.39 Å². The second-order valence-electron chi connectivity index (χ2n) is 4.63. The number of nitrogens with zero attached hydrogens (tertiary/aromatic N) is 1. The van der Waals surface area contributed by atoms with Gasteiger partial charge in [-0.1, -0.05) is 19.1 Å². The molecule has 2 rings (SSSR count). The quantitative estimate of drug-likeness (QED) is 0.816. The molecule has 0 fully saturated rings. The van der Waals surface area contributed by atoms with E-state index in [9.17, 15) is 4.39 Å². The highest BCUT2D eigenvalue weighted by Crippen LogP contribution is 2.25. The Morgan fingerprint density at radius 2 is 1.95 bits per heavy atom. The van der Waals surface area contributed by atoms with E-state index in [1.165, 1.54) is 17.7 Å². The first-order valence-electron chi connectivity index (χ1n) is 6.84. The Labute approximate surface area is 129 Å². The topological polar surface area (TPSA) is 35.8 Å². The summed E-state index contributed by atoms with van der Waals surface area (Å²) in [6.07, 6.45) is 0. The van der Waals surface area contributed by atoms with Gasteiger partial charge in [0.2, 0.25) is 0 Å². The smallest absolute Gasteiger partial charge is 0.127 e. The zero-order valence-corrected chi connectivity index (χ0v) is 12.7. The molecule has 2 aromatic rings. The first-order valence-corrected chi connectivity index (χ1v) is 7.82. The van der Waals surface area contributed by atoms with Crippen molar-refractivity contribution in [3.63, 3.8) is 0 Å². The molecule has 21 heavy (non-hydrogen) atoms. The number of hydrogen-bond donors (Lipinski definition) is 1.